The Morgan fingerprint density at radius 3 is 2.32 bits per heavy atom. The summed E-state index contributed by atoms with van der Waals surface area (Å²) in [4.78, 5) is 13.3. The number of carbonyl (C=O) groups excluding carboxylic acids is 1. The van der Waals surface area contributed by atoms with E-state index in [1.165, 1.54) is 16.7 Å². The molecule has 1 amide bonds. The van der Waals surface area contributed by atoms with Crippen molar-refractivity contribution in [2.75, 3.05) is 12.8 Å². The molecule has 2 rings (SSSR count). The van der Waals surface area contributed by atoms with Gasteiger partial charge in [-0.2, -0.15) is 0 Å². The molecule has 0 bridgehead atoms. The molecule has 0 N–H and O–H groups in total. The van der Waals surface area contributed by atoms with Gasteiger partial charge in [-0.15, -0.1) is 0 Å². The van der Waals surface area contributed by atoms with Gasteiger partial charge in [-0.1, -0.05) is 50.1 Å². The molecule has 122 valence electrons. The summed E-state index contributed by atoms with van der Waals surface area (Å²) in [5.74, 6) is -0.409. The lowest BCUT2D eigenvalue weighted by molar-refractivity contribution is -0.149. The lowest BCUT2D eigenvalue weighted by Gasteiger charge is -2.44. The second-order valence-electron chi connectivity index (χ2n) is 6.19. The lowest BCUT2D eigenvalue weighted by Crippen LogP contribution is -2.62. The first-order valence-corrected chi connectivity index (χ1v) is 9.90. The maximum atomic E-state index is 11.8. The van der Waals surface area contributed by atoms with Crippen LogP contribution < -0.4 is 0 Å². The van der Waals surface area contributed by atoms with Gasteiger partial charge in [0.15, 0.2) is 9.84 Å². The fraction of sp³-hybridized carbons (Fsp3) is 0.588. The fourth-order valence-electron chi connectivity index (χ4n) is 3.15. The lowest BCUT2D eigenvalue weighted by atomic mass is 10.00. The Balaban J connectivity index is 1.65. The molecular formula is C17H25NO3S. The Morgan fingerprint density at radius 2 is 1.68 bits per heavy atom. The second kappa shape index (κ2) is 7.27. The molecule has 1 saturated heterocycles. The molecule has 1 aliphatic heterocycles. The molecule has 5 heteroatoms. The van der Waals surface area contributed by atoms with Crippen molar-refractivity contribution in [3.63, 3.8) is 0 Å². The number of rotatable bonds is 8. The van der Waals surface area contributed by atoms with Crippen LogP contribution in [0.3, 0.4) is 0 Å². The average Bonchev–Trinajstić information content (AvgIpc) is 2.48. The molecule has 0 aromatic heterocycles. The maximum Gasteiger partial charge on any atom is 0.229 e. The number of likely N-dealkylation sites (tertiary alicyclic amines) is 1. The van der Waals surface area contributed by atoms with E-state index < -0.39 is 15.2 Å². The van der Waals surface area contributed by atoms with Crippen molar-refractivity contribution in [2.45, 2.75) is 44.4 Å². The van der Waals surface area contributed by atoms with E-state index in [2.05, 4.69) is 24.3 Å². The van der Waals surface area contributed by atoms with Gasteiger partial charge in [-0.3, -0.25) is 4.79 Å². The summed E-state index contributed by atoms with van der Waals surface area (Å²) in [6.45, 7) is 2.26. The van der Waals surface area contributed by atoms with E-state index >= 15 is 0 Å². The van der Waals surface area contributed by atoms with E-state index in [0.717, 1.165) is 32.1 Å². The van der Waals surface area contributed by atoms with Gasteiger partial charge in [0.2, 0.25) is 5.91 Å². The standard InChI is InChI=1S/C17H25NO3S/c1-14-16(19)18(17(14)22(2,20)21)13-9-4-3-6-10-15-11-7-5-8-12-15/h5,7-8,11-12,14,17H,3-4,6,9-10,13H2,1-2H3/t14-,17+/m1/s1. The molecule has 0 saturated carbocycles. The number of amides is 1. The summed E-state index contributed by atoms with van der Waals surface area (Å²) < 4.78 is 23.4. The number of aryl methyl sites for hydroxylation is 1. The molecule has 1 heterocycles. The molecule has 4 nitrogen and oxygen atoms in total. The minimum atomic E-state index is -3.18. The summed E-state index contributed by atoms with van der Waals surface area (Å²) in [5.41, 5.74) is 1.35. The first kappa shape index (κ1) is 17.0. The van der Waals surface area contributed by atoms with Crippen molar-refractivity contribution in [3.8, 4) is 0 Å². The van der Waals surface area contributed by atoms with Gasteiger partial charge in [0, 0.05) is 12.8 Å². The molecular weight excluding hydrogens is 298 g/mol. The Hall–Kier alpha value is -1.36. The molecule has 22 heavy (non-hydrogen) atoms. The highest BCUT2D eigenvalue weighted by Gasteiger charge is 2.49. The second-order valence-corrected chi connectivity index (χ2v) is 8.33. The highest BCUT2D eigenvalue weighted by molar-refractivity contribution is 7.91. The van der Waals surface area contributed by atoms with Crippen LogP contribution >= 0.6 is 0 Å². The van der Waals surface area contributed by atoms with Crippen LogP contribution in [0, 0.1) is 5.92 Å². The summed E-state index contributed by atoms with van der Waals surface area (Å²) in [5, 5.41) is -0.607. The van der Waals surface area contributed by atoms with E-state index in [9.17, 15) is 13.2 Å². The molecule has 2 atom stereocenters. The zero-order chi connectivity index (χ0) is 16.2. The SMILES string of the molecule is C[C@@H]1C(=O)N(CCCCCCc2ccccc2)[C@H]1S(C)(=O)=O. The molecule has 1 fully saturated rings. The zero-order valence-corrected chi connectivity index (χ0v) is 14.2. The van der Waals surface area contributed by atoms with Gasteiger partial charge < -0.3 is 4.90 Å². The van der Waals surface area contributed by atoms with Crippen LogP contribution in [0.1, 0.15) is 38.2 Å². The smallest absolute Gasteiger partial charge is 0.229 e. The summed E-state index contributed by atoms with van der Waals surface area (Å²) in [6, 6.07) is 10.4. The summed E-state index contributed by atoms with van der Waals surface area (Å²) in [6.07, 6.45) is 6.43. The van der Waals surface area contributed by atoms with Gasteiger partial charge in [0.25, 0.3) is 0 Å². The number of unbranched alkanes of at least 4 members (excludes halogenated alkanes) is 3. The molecule has 0 aliphatic carbocycles. The monoisotopic (exact) mass is 323 g/mol. The molecule has 1 aliphatic rings. The number of β-lactam (4-membered cyclic amide) rings is 1. The third-order valence-electron chi connectivity index (χ3n) is 4.30. The highest BCUT2D eigenvalue weighted by atomic mass is 32.2. The topological polar surface area (TPSA) is 54.5 Å². The number of benzene rings is 1. The minimum Gasteiger partial charge on any atom is -0.325 e. The number of carbonyl (C=O) groups is 1. The molecule has 0 radical (unpaired) electrons. The van der Waals surface area contributed by atoms with Crippen LogP contribution in [-0.2, 0) is 21.1 Å². The average molecular weight is 323 g/mol. The first-order chi connectivity index (χ1) is 10.4. The van der Waals surface area contributed by atoms with Gasteiger partial charge in [-0.25, -0.2) is 8.42 Å². The zero-order valence-electron chi connectivity index (χ0n) is 13.4. The molecule has 1 aromatic rings. The minimum absolute atomic E-state index is 0.0280. The van der Waals surface area contributed by atoms with Gasteiger partial charge in [-0.05, 0) is 24.8 Å². The van der Waals surface area contributed by atoms with Crippen LogP contribution in [0.25, 0.3) is 0 Å². The van der Waals surface area contributed by atoms with Crippen LogP contribution in [0.2, 0.25) is 0 Å². The number of hydrogen-bond donors (Lipinski definition) is 0. The van der Waals surface area contributed by atoms with Crippen LogP contribution in [-0.4, -0.2) is 37.4 Å². The van der Waals surface area contributed by atoms with Gasteiger partial charge in [0.1, 0.15) is 5.37 Å². The number of hydrogen-bond acceptors (Lipinski definition) is 3. The largest absolute Gasteiger partial charge is 0.325 e. The van der Waals surface area contributed by atoms with Crippen molar-refractivity contribution >= 4 is 15.7 Å². The van der Waals surface area contributed by atoms with Crippen LogP contribution in [0.4, 0.5) is 0 Å². The third-order valence-corrected chi connectivity index (χ3v) is 5.84. The van der Waals surface area contributed by atoms with E-state index in [1.807, 2.05) is 6.07 Å². The Kier molecular flexibility index (Phi) is 5.62. The van der Waals surface area contributed by atoms with Crippen molar-refractivity contribution in [2.24, 2.45) is 5.92 Å². The van der Waals surface area contributed by atoms with Crippen LogP contribution in [0.5, 0.6) is 0 Å². The van der Waals surface area contributed by atoms with Crippen LogP contribution in [0.15, 0.2) is 30.3 Å². The molecule has 0 unspecified atom stereocenters. The Morgan fingerprint density at radius 1 is 1.05 bits per heavy atom. The van der Waals surface area contributed by atoms with Gasteiger partial charge in [0.05, 0.1) is 5.92 Å². The van der Waals surface area contributed by atoms with E-state index in [0.29, 0.717) is 6.54 Å². The van der Waals surface area contributed by atoms with E-state index in [4.69, 9.17) is 0 Å². The highest BCUT2D eigenvalue weighted by Crippen LogP contribution is 2.30. The van der Waals surface area contributed by atoms with Gasteiger partial charge >= 0.3 is 0 Å². The summed E-state index contributed by atoms with van der Waals surface area (Å²) >= 11 is 0. The third kappa shape index (κ3) is 4.09. The normalized spacial score (nSPS) is 21.7. The maximum absolute atomic E-state index is 11.8. The summed E-state index contributed by atoms with van der Waals surface area (Å²) in [7, 11) is -3.18. The van der Waals surface area contributed by atoms with Crippen molar-refractivity contribution < 1.29 is 13.2 Å². The predicted molar refractivity (Wildman–Crippen MR) is 88.1 cm³/mol. The molecule has 0 spiro atoms. The predicted octanol–water partition coefficient (Wildman–Crippen LogP) is 2.64. The number of nitrogens with zero attached hydrogens (tertiary/aromatic N) is 1. The molecule has 1 aromatic carbocycles. The van der Waals surface area contributed by atoms with Crippen molar-refractivity contribution in [3.05, 3.63) is 35.9 Å². The Labute approximate surface area is 133 Å². The quantitative estimate of drug-likeness (QED) is 0.546. The fourth-order valence-corrected chi connectivity index (χ4v) is 4.68. The van der Waals surface area contributed by atoms with E-state index in [-0.39, 0.29) is 11.8 Å². The Bertz CT molecular complexity index is 598. The number of sulfone groups is 1. The van der Waals surface area contributed by atoms with E-state index in [1.54, 1.807) is 6.92 Å². The van der Waals surface area contributed by atoms with Crippen molar-refractivity contribution in [1.82, 2.24) is 4.90 Å². The first-order valence-electron chi connectivity index (χ1n) is 7.94. The van der Waals surface area contributed by atoms with Crippen molar-refractivity contribution in [1.29, 1.82) is 0 Å².